The zero-order valence-corrected chi connectivity index (χ0v) is 11.3. The maximum atomic E-state index is 8.90. The molecule has 1 aromatic rings. The topological polar surface area (TPSA) is 87.3 Å². The Morgan fingerprint density at radius 3 is 2.72 bits per heavy atom. The molecule has 0 saturated carbocycles. The molecule has 6 nitrogen and oxygen atoms in total. The van der Waals surface area contributed by atoms with Crippen LogP contribution in [0, 0.1) is 6.92 Å². The van der Waals surface area contributed by atoms with Gasteiger partial charge >= 0.3 is 0 Å². The van der Waals surface area contributed by atoms with Crippen LogP contribution in [0.3, 0.4) is 0 Å². The Labute approximate surface area is 108 Å². The number of aliphatic hydroxyl groups is 1. The number of hydrazine groups is 1. The molecule has 0 atom stereocenters. The lowest BCUT2D eigenvalue weighted by atomic mass is 10.2. The van der Waals surface area contributed by atoms with Gasteiger partial charge in [0.1, 0.15) is 11.6 Å². The highest BCUT2D eigenvalue weighted by molar-refractivity contribution is 5.33. The molecule has 102 valence electrons. The van der Waals surface area contributed by atoms with Crippen LogP contribution in [0.5, 0.6) is 0 Å². The predicted octanol–water partition coefficient (Wildman–Crippen LogP) is 0.663. The quantitative estimate of drug-likeness (QED) is 0.489. The van der Waals surface area contributed by atoms with Crippen LogP contribution in [0.2, 0.25) is 0 Å². The van der Waals surface area contributed by atoms with E-state index in [1.165, 1.54) is 0 Å². The van der Waals surface area contributed by atoms with Crippen molar-refractivity contribution in [1.82, 2.24) is 14.9 Å². The average Bonchev–Trinajstić information content (AvgIpc) is 2.33. The van der Waals surface area contributed by atoms with E-state index in [-0.39, 0.29) is 6.61 Å². The van der Waals surface area contributed by atoms with E-state index >= 15 is 0 Å². The van der Waals surface area contributed by atoms with E-state index in [4.69, 9.17) is 10.9 Å². The molecule has 0 fully saturated rings. The number of anilines is 1. The van der Waals surface area contributed by atoms with Gasteiger partial charge in [-0.1, -0.05) is 0 Å². The molecule has 0 spiro atoms. The van der Waals surface area contributed by atoms with Crippen LogP contribution >= 0.6 is 0 Å². The fourth-order valence-electron chi connectivity index (χ4n) is 1.75. The van der Waals surface area contributed by atoms with E-state index in [1.54, 1.807) is 6.07 Å². The molecule has 0 unspecified atom stereocenters. The third-order valence-electron chi connectivity index (χ3n) is 2.73. The zero-order chi connectivity index (χ0) is 13.5. The van der Waals surface area contributed by atoms with Gasteiger partial charge in [-0.3, -0.25) is 4.90 Å². The molecule has 0 aliphatic heterocycles. The fraction of sp³-hybridized carbons (Fsp3) is 0.667. The molecule has 4 N–H and O–H groups in total. The van der Waals surface area contributed by atoms with Crippen LogP contribution in [0.1, 0.15) is 31.8 Å². The largest absolute Gasteiger partial charge is 0.396 e. The molecule has 1 aromatic heterocycles. The predicted molar refractivity (Wildman–Crippen MR) is 71.8 cm³/mol. The van der Waals surface area contributed by atoms with Gasteiger partial charge in [0.05, 0.1) is 6.54 Å². The summed E-state index contributed by atoms with van der Waals surface area (Å²) in [5.74, 6) is 6.74. The third kappa shape index (κ3) is 4.56. The van der Waals surface area contributed by atoms with Crippen molar-refractivity contribution in [1.29, 1.82) is 0 Å². The number of aromatic nitrogens is 2. The number of aliphatic hydroxyl groups excluding tert-OH is 1. The number of nitrogen functional groups attached to an aromatic ring is 1. The number of aryl methyl sites for hydroxylation is 1. The Kier molecular flexibility index (Phi) is 5.97. The Hall–Kier alpha value is -1.24. The summed E-state index contributed by atoms with van der Waals surface area (Å²) in [7, 11) is 0. The standard InChI is InChI=1S/C12H23N5O/c1-9(2)17(5-4-6-18)8-12-14-10(3)7-11(15-12)16-13/h7,9,18H,4-6,8,13H2,1-3H3,(H,14,15,16). The number of nitrogens with two attached hydrogens (primary N) is 1. The van der Waals surface area contributed by atoms with Gasteiger partial charge in [-0.15, -0.1) is 0 Å². The second-order valence-electron chi connectivity index (χ2n) is 4.60. The normalized spacial score (nSPS) is 11.3. The van der Waals surface area contributed by atoms with Crippen molar-refractivity contribution in [3.05, 3.63) is 17.6 Å². The second kappa shape index (κ2) is 7.25. The van der Waals surface area contributed by atoms with Crippen LogP contribution in [-0.4, -0.2) is 39.2 Å². The first kappa shape index (κ1) is 14.8. The van der Waals surface area contributed by atoms with Gasteiger partial charge in [0.15, 0.2) is 0 Å². The van der Waals surface area contributed by atoms with Crippen LogP contribution in [0.25, 0.3) is 0 Å². The molecule has 0 aliphatic carbocycles. The first-order valence-corrected chi connectivity index (χ1v) is 6.23. The lowest BCUT2D eigenvalue weighted by Crippen LogP contribution is -2.32. The molecule has 0 aromatic carbocycles. The minimum Gasteiger partial charge on any atom is -0.396 e. The molecule has 0 bridgehead atoms. The summed E-state index contributed by atoms with van der Waals surface area (Å²) in [6.45, 7) is 7.85. The van der Waals surface area contributed by atoms with Crippen molar-refractivity contribution >= 4 is 5.82 Å². The van der Waals surface area contributed by atoms with Crippen LogP contribution in [0.15, 0.2) is 6.07 Å². The SMILES string of the molecule is Cc1cc(NN)nc(CN(CCCO)C(C)C)n1. The fourth-order valence-corrected chi connectivity index (χ4v) is 1.75. The molecule has 1 heterocycles. The van der Waals surface area contributed by atoms with Crippen LogP contribution in [-0.2, 0) is 6.54 Å². The summed E-state index contributed by atoms with van der Waals surface area (Å²) < 4.78 is 0. The Morgan fingerprint density at radius 2 is 2.17 bits per heavy atom. The van der Waals surface area contributed by atoms with Gasteiger partial charge in [-0.25, -0.2) is 15.8 Å². The molecule has 0 radical (unpaired) electrons. The number of nitrogens with one attached hydrogen (secondary N) is 1. The van der Waals surface area contributed by atoms with E-state index < -0.39 is 0 Å². The average molecular weight is 253 g/mol. The van der Waals surface area contributed by atoms with Gasteiger partial charge in [-0.05, 0) is 27.2 Å². The van der Waals surface area contributed by atoms with Crippen LogP contribution < -0.4 is 11.3 Å². The van der Waals surface area contributed by atoms with Gasteiger partial charge in [-0.2, -0.15) is 0 Å². The van der Waals surface area contributed by atoms with E-state index in [2.05, 4.69) is 34.1 Å². The highest BCUT2D eigenvalue weighted by Gasteiger charge is 2.12. The summed E-state index contributed by atoms with van der Waals surface area (Å²) in [6, 6.07) is 2.19. The molecule has 1 rings (SSSR count). The summed E-state index contributed by atoms with van der Waals surface area (Å²) >= 11 is 0. The molecule has 0 amide bonds. The van der Waals surface area contributed by atoms with E-state index in [0.717, 1.165) is 24.5 Å². The highest BCUT2D eigenvalue weighted by atomic mass is 16.3. The van der Waals surface area contributed by atoms with Gasteiger partial charge in [0.25, 0.3) is 0 Å². The summed E-state index contributed by atoms with van der Waals surface area (Å²) in [5, 5.41) is 8.90. The summed E-state index contributed by atoms with van der Waals surface area (Å²) in [6.07, 6.45) is 0.756. The van der Waals surface area contributed by atoms with Crippen molar-refractivity contribution in [3.63, 3.8) is 0 Å². The second-order valence-corrected chi connectivity index (χ2v) is 4.60. The highest BCUT2D eigenvalue weighted by Crippen LogP contribution is 2.09. The number of nitrogens with zero attached hydrogens (tertiary/aromatic N) is 3. The maximum Gasteiger partial charge on any atom is 0.145 e. The van der Waals surface area contributed by atoms with Crippen molar-refractivity contribution in [2.24, 2.45) is 5.84 Å². The Morgan fingerprint density at radius 1 is 1.44 bits per heavy atom. The minimum absolute atomic E-state index is 0.202. The van der Waals surface area contributed by atoms with E-state index in [9.17, 15) is 0 Å². The lowest BCUT2D eigenvalue weighted by molar-refractivity contribution is 0.181. The maximum absolute atomic E-state index is 8.90. The van der Waals surface area contributed by atoms with Crippen molar-refractivity contribution in [2.75, 3.05) is 18.6 Å². The van der Waals surface area contributed by atoms with Crippen LogP contribution in [0.4, 0.5) is 5.82 Å². The van der Waals surface area contributed by atoms with E-state index in [1.807, 2.05) is 6.92 Å². The molecule has 6 heteroatoms. The first-order valence-electron chi connectivity index (χ1n) is 6.23. The molecule has 0 aliphatic rings. The van der Waals surface area contributed by atoms with E-state index in [0.29, 0.717) is 18.4 Å². The lowest BCUT2D eigenvalue weighted by Gasteiger charge is -2.25. The van der Waals surface area contributed by atoms with Gasteiger partial charge in [0.2, 0.25) is 0 Å². The number of hydrogen-bond donors (Lipinski definition) is 3. The number of rotatable bonds is 7. The minimum atomic E-state index is 0.202. The summed E-state index contributed by atoms with van der Waals surface area (Å²) in [4.78, 5) is 11.0. The Balaban J connectivity index is 2.76. The molecule has 0 saturated heterocycles. The zero-order valence-electron chi connectivity index (χ0n) is 11.3. The van der Waals surface area contributed by atoms with Crippen molar-refractivity contribution in [2.45, 2.75) is 39.8 Å². The smallest absolute Gasteiger partial charge is 0.145 e. The van der Waals surface area contributed by atoms with Crippen molar-refractivity contribution in [3.8, 4) is 0 Å². The molecular formula is C12H23N5O. The Bertz CT molecular complexity index is 369. The number of hydrogen-bond acceptors (Lipinski definition) is 6. The van der Waals surface area contributed by atoms with Gasteiger partial charge in [0, 0.05) is 31.0 Å². The van der Waals surface area contributed by atoms with Gasteiger partial charge < -0.3 is 10.5 Å². The first-order chi connectivity index (χ1) is 8.56. The van der Waals surface area contributed by atoms with Crippen molar-refractivity contribution < 1.29 is 5.11 Å². The summed E-state index contributed by atoms with van der Waals surface area (Å²) in [5.41, 5.74) is 3.43. The molecular weight excluding hydrogens is 230 g/mol. The monoisotopic (exact) mass is 253 g/mol. The third-order valence-corrected chi connectivity index (χ3v) is 2.73. The molecule has 18 heavy (non-hydrogen) atoms.